The monoisotopic (exact) mass is 274 g/mol. The maximum Gasteiger partial charge on any atom is 0.248 e. The molecule has 1 aliphatic heterocycles. The molecule has 1 aromatic carbocycles. The van der Waals surface area contributed by atoms with Crippen molar-refractivity contribution < 1.29 is 9.59 Å². The first-order valence-electron chi connectivity index (χ1n) is 7.26. The molecule has 0 unspecified atom stereocenters. The van der Waals surface area contributed by atoms with E-state index in [0.29, 0.717) is 17.9 Å². The highest BCUT2D eigenvalue weighted by molar-refractivity contribution is 5.92. The second kappa shape index (κ2) is 6.55. The summed E-state index contributed by atoms with van der Waals surface area (Å²) in [6.45, 7) is 3.65. The number of nitrogens with zero attached hydrogens (tertiary/aromatic N) is 1. The van der Waals surface area contributed by atoms with E-state index in [-0.39, 0.29) is 11.8 Å². The third-order valence-electron chi connectivity index (χ3n) is 4.03. The van der Waals surface area contributed by atoms with Crippen LogP contribution < -0.4 is 5.73 Å². The molecule has 2 amide bonds. The molecule has 0 aromatic heterocycles. The van der Waals surface area contributed by atoms with Crippen molar-refractivity contribution in [2.24, 2.45) is 11.7 Å². The molecule has 0 bridgehead atoms. The van der Waals surface area contributed by atoms with Gasteiger partial charge in [-0.3, -0.25) is 9.59 Å². The van der Waals surface area contributed by atoms with Crippen LogP contribution in [0.25, 0.3) is 0 Å². The fraction of sp³-hybridized carbons (Fsp3) is 0.500. The average molecular weight is 274 g/mol. The summed E-state index contributed by atoms with van der Waals surface area (Å²) < 4.78 is 0. The summed E-state index contributed by atoms with van der Waals surface area (Å²) in [6.07, 6.45) is 3.72. The first kappa shape index (κ1) is 14.6. The number of amides is 2. The molecule has 2 rings (SSSR count). The van der Waals surface area contributed by atoms with Gasteiger partial charge in [-0.2, -0.15) is 0 Å². The van der Waals surface area contributed by atoms with Gasteiger partial charge in [0, 0.05) is 25.1 Å². The van der Waals surface area contributed by atoms with E-state index in [1.165, 1.54) is 5.56 Å². The van der Waals surface area contributed by atoms with Gasteiger partial charge in [-0.05, 0) is 42.9 Å². The average Bonchev–Trinajstić information content (AvgIpc) is 2.48. The Bertz CT molecular complexity index is 474. The van der Waals surface area contributed by atoms with Gasteiger partial charge in [0.2, 0.25) is 11.8 Å². The summed E-state index contributed by atoms with van der Waals surface area (Å²) in [5, 5.41) is 0. The number of hydrogen-bond donors (Lipinski definition) is 1. The molecule has 1 heterocycles. The van der Waals surface area contributed by atoms with E-state index in [2.05, 4.69) is 0 Å². The van der Waals surface area contributed by atoms with Gasteiger partial charge in [0.25, 0.3) is 0 Å². The number of primary amides is 1. The zero-order chi connectivity index (χ0) is 14.5. The third-order valence-corrected chi connectivity index (χ3v) is 4.03. The van der Waals surface area contributed by atoms with Crippen molar-refractivity contribution in [3.8, 4) is 0 Å². The van der Waals surface area contributed by atoms with Crippen LogP contribution >= 0.6 is 0 Å². The Hall–Kier alpha value is -1.84. The van der Waals surface area contributed by atoms with Crippen LogP contribution in [0.1, 0.15) is 42.1 Å². The second-order valence-corrected chi connectivity index (χ2v) is 5.44. The van der Waals surface area contributed by atoms with Crippen LogP contribution in [0.3, 0.4) is 0 Å². The molecule has 0 spiro atoms. The lowest BCUT2D eigenvalue weighted by Gasteiger charge is -2.32. The van der Waals surface area contributed by atoms with Crippen molar-refractivity contribution in [2.75, 3.05) is 13.1 Å². The zero-order valence-corrected chi connectivity index (χ0v) is 12.0. The fourth-order valence-corrected chi connectivity index (χ4v) is 2.75. The van der Waals surface area contributed by atoms with Crippen LogP contribution in [0.2, 0.25) is 0 Å². The van der Waals surface area contributed by atoms with Gasteiger partial charge in [-0.1, -0.05) is 19.1 Å². The van der Waals surface area contributed by atoms with Crippen LogP contribution in [0.5, 0.6) is 0 Å². The summed E-state index contributed by atoms with van der Waals surface area (Å²) in [5.74, 6) is 0.493. The van der Waals surface area contributed by atoms with Crippen LogP contribution in [0.15, 0.2) is 24.3 Å². The van der Waals surface area contributed by atoms with E-state index in [9.17, 15) is 9.59 Å². The number of rotatable bonds is 4. The van der Waals surface area contributed by atoms with Crippen molar-refractivity contribution in [1.82, 2.24) is 4.90 Å². The van der Waals surface area contributed by atoms with Crippen LogP contribution in [-0.4, -0.2) is 29.8 Å². The minimum absolute atomic E-state index is 0.259. The summed E-state index contributed by atoms with van der Waals surface area (Å²) in [5.41, 5.74) is 7.01. The quantitative estimate of drug-likeness (QED) is 0.912. The highest BCUT2D eigenvalue weighted by atomic mass is 16.2. The SMILES string of the molecule is CCC(=O)N1CCC(Cc2ccc(C(N)=O)cc2)CC1. The standard InChI is InChI=1S/C16H22N2O2/c1-2-15(19)18-9-7-13(8-10-18)11-12-3-5-14(6-4-12)16(17)20/h3-6,13H,2,7-11H2,1H3,(H2,17,20). The molecule has 1 aromatic rings. The molecule has 1 aliphatic rings. The van der Waals surface area contributed by atoms with Gasteiger partial charge < -0.3 is 10.6 Å². The number of carbonyl (C=O) groups excluding carboxylic acids is 2. The van der Waals surface area contributed by atoms with Crippen molar-refractivity contribution in [1.29, 1.82) is 0 Å². The number of likely N-dealkylation sites (tertiary alicyclic amines) is 1. The van der Waals surface area contributed by atoms with E-state index >= 15 is 0 Å². The van der Waals surface area contributed by atoms with Gasteiger partial charge in [0.05, 0.1) is 0 Å². The first-order valence-corrected chi connectivity index (χ1v) is 7.26. The topological polar surface area (TPSA) is 63.4 Å². The minimum Gasteiger partial charge on any atom is -0.366 e. The Morgan fingerprint density at radius 3 is 2.30 bits per heavy atom. The first-order chi connectivity index (χ1) is 9.60. The summed E-state index contributed by atoms with van der Waals surface area (Å²) >= 11 is 0. The lowest BCUT2D eigenvalue weighted by Crippen LogP contribution is -2.38. The largest absolute Gasteiger partial charge is 0.366 e. The Balaban J connectivity index is 1.86. The van der Waals surface area contributed by atoms with E-state index in [0.717, 1.165) is 32.4 Å². The van der Waals surface area contributed by atoms with E-state index in [1.807, 2.05) is 24.0 Å². The third kappa shape index (κ3) is 3.59. The normalized spacial score (nSPS) is 16.1. The molecule has 1 saturated heterocycles. The molecular formula is C16H22N2O2. The number of hydrogen-bond acceptors (Lipinski definition) is 2. The molecule has 4 heteroatoms. The number of carbonyl (C=O) groups is 2. The lowest BCUT2D eigenvalue weighted by atomic mass is 9.90. The van der Waals surface area contributed by atoms with Gasteiger partial charge in [-0.15, -0.1) is 0 Å². The van der Waals surface area contributed by atoms with Crippen LogP contribution in [0.4, 0.5) is 0 Å². The Labute approximate surface area is 119 Å². The predicted molar refractivity (Wildman–Crippen MR) is 78.3 cm³/mol. The molecule has 0 atom stereocenters. The molecule has 1 fully saturated rings. The van der Waals surface area contributed by atoms with Crippen LogP contribution in [-0.2, 0) is 11.2 Å². The highest BCUT2D eigenvalue weighted by Gasteiger charge is 2.21. The minimum atomic E-state index is -0.386. The maximum absolute atomic E-state index is 11.6. The molecule has 108 valence electrons. The fourth-order valence-electron chi connectivity index (χ4n) is 2.75. The zero-order valence-electron chi connectivity index (χ0n) is 12.0. The smallest absolute Gasteiger partial charge is 0.248 e. The van der Waals surface area contributed by atoms with Gasteiger partial charge in [-0.25, -0.2) is 0 Å². The molecular weight excluding hydrogens is 252 g/mol. The summed E-state index contributed by atoms with van der Waals surface area (Å²) in [6, 6.07) is 7.52. The van der Waals surface area contributed by atoms with E-state index in [1.54, 1.807) is 12.1 Å². The maximum atomic E-state index is 11.6. The van der Waals surface area contributed by atoms with E-state index < -0.39 is 0 Å². The Morgan fingerprint density at radius 2 is 1.80 bits per heavy atom. The van der Waals surface area contributed by atoms with Crippen molar-refractivity contribution in [3.05, 3.63) is 35.4 Å². The Morgan fingerprint density at radius 1 is 1.20 bits per heavy atom. The van der Waals surface area contributed by atoms with Gasteiger partial charge >= 0.3 is 0 Å². The van der Waals surface area contributed by atoms with Crippen molar-refractivity contribution in [3.63, 3.8) is 0 Å². The second-order valence-electron chi connectivity index (χ2n) is 5.44. The van der Waals surface area contributed by atoms with Gasteiger partial charge in [0.1, 0.15) is 0 Å². The van der Waals surface area contributed by atoms with Crippen molar-refractivity contribution in [2.45, 2.75) is 32.6 Å². The molecule has 2 N–H and O–H groups in total. The lowest BCUT2D eigenvalue weighted by molar-refractivity contribution is -0.132. The number of piperidine rings is 1. The molecule has 0 radical (unpaired) electrons. The molecule has 0 saturated carbocycles. The van der Waals surface area contributed by atoms with Crippen molar-refractivity contribution >= 4 is 11.8 Å². The molecule has 4 nitrogen and oxygen atoms in total. The molecule has 0 aliphatic carbocycles. The van der Waals surface area contributed by atoms with Gasteiger partial charge in [0.15, 0.2) is 0 Å². The summed E-state index contributed by atoms with van der Waals surface area (Å²) in [4.78, 5) is 24.6. The Kier molecular flexibility index (Phi) is 4.77. The number of benzene rings is 1. The number of nitrogens with two attached hydrogens (primary N) is 1. The molecule has 20 heavy (non-hydrogen) atoms. The predicted octanol–water partition coefficient (Wildman–Crippen LogP) is 1.98. The van der Waals surface area contributed by atoms with Crippen LogP contribution in [0, 0.1) is 5.92 Å². The highest BCUT2D eigenvalue weighted by Crippen LogP contribution is 2.22. The van der Waals surface area contributed by atoms with E-state index in [4.69, 9.17) is 5.73 Å². The summed E-state index contributed by atoms with van der Waals surface area (Å²) in [7, 11) is 0.